The van der Waals surface area contributed by atoms with Crippen molar-refractivity contribution in [1.82, 2.24) is 9.80 Å². The van der Waals surface area contributed by atoms with E-state index in [9.17, 15) is 19.2 Å². The van der Waals surface area contributed by atoms with Gasteiger partial charge in [0.15, 0.2) is 18.1 Å². The molecule has 11 heteroatoms. The van der Waals surface area contributed by atoms with Gasteiger partial charge in [-0.3, -0.25) is 24.1 Å². The molecule has 0 aromatic heterocycles. The van der Waals surface area contributed by atoms with Crippen LogP contribution in [0.5, 0.6) is 11.5 Å². The minimum atomic E-state index is -0.492. The molecule has 0 spiro atoms. The predicted molar refractivity (Wildman–Crippen MR) is 154 cm³/mol. The van der Waals surface area contributed by atoms with Crippen molar-refractivity contribution in [3.05, 3.63) is 56.0 Å². The van der Waals surface area contributed by atoms with E-state index in [1.165, 1.54) is 0 Å². The molecule has 2 fully saturated rings. The maximum atomic E-state index is 12.9. The van der Waals surface area contributed by atoms with Crippen LogP contribution >= 0.6 is 34.4 Å². The van der Waals surface area contributed by atoms with Gasteiger partial charge in [-0.1, -0.05) is 17.7 Å². The summed E-state index contributed by atoms with van der Waals surface area (Å²) in [5, 5.41) is 2.33. The molecule has 2 aromatic rings. The summed E-state index contributed by atoms with van der Waals surface area (Å²) in [4.78, 5) is 53.2. The maximum Gasteiger partial charge on any atom is 0.294 e. The van der Waals surface area contributed by atoms with Gasteiger partial charge in [0.1, 0.15) is 6.54 Å². The third-order valence-electron chi connectivity index (χ3n) is 5.94. The van der Waals surface area contributed by atoms with Gasteiger partial charge >= 0.3 is 0 Å². The zero-order valence-corrected chi connectivity index (χ0v) is 24.1. The second-order valence-corrected chi connectivity index (χ2v) is 11.0. The van der Waals surface area contributed by atoms with Crippen LogP contribution in [0.15, 0.2) is 41.3 Å². The van der Waals surface area contributed by atoms with E-state index in [1.54, 1.807) is 23.1 Å². The zero-order valence-electron chi connectivity index (χ0n) is 21.1. The predicted octanol–water partition coefficient (Wildman–Crippen LogP) is 4.67. The van der Waals surface area contributed by atoms with Crippen LogP contribution in [0, 0.1) is 10.5 Å². The summed E-state index contributed by atoms with van der Waals surface area (Å²) < 4.78 is 12.2. The lowest BCUT2D eigenvalue weighted by molar-refractivity contribution is -0.135. The standard InChI is InChI=1S/C27H28IN3O6S/c1-3-36-21-13-18(12-20(28)25(21)37-16-23(32)29-19-8-6-17(2)7-9-19)14-22-26(34)31(27(35)38-22)15-24(33)30-10-4-5-11-30/h6-9,12-14H,3-5,10-11,15-16H2,1-2H3,(H,29,32)/b22-14+. The highest BCUT2D eigenvalue weighted by molar-refractivity contribution is 14.1. The molecule has 0 unspecified atom stereocenters. The molecule has 0 saturated carbocycles. The maximum absolute atomic E-state index is 12.9. The number of benzene rings is 2. The Morgan fingerprint density at radius 2 is 1.82 bits per heavy atom. The van der Waals surface area contributed by atoms with E-state index in [-0.39, 0.29) is 29.9 Å². The number of halogens is 1. The average Bonchev–Trinajstić information content (AvgIpc) is 3.50. The molecule has 4 amide bonds. The Morgan fingerprint density at radius 3 is 2.50 bits per heavy atom. The Labute approximate surface area is 239 Å². The van der Waals surface area contributed by atoms with Crippen LogP contribution in [0.25, 0.3) is 6.08 Å². The van der Waals surface area contributed by atoms with Crippen LogP contribution in [0.2, 0.25) is 0 Å². The lowest BCUT2D eigenvalue weighted by atomic mass is 10.2. The highest BCUT2D eigenvalue weighted by Crippen LogP contribution is 2.37. The van der Waals surface area contributed by atoms with Crippen molar-refractivity contribution in [3.8, 4) is 11.5 Å². The average molecular weight is 650 g/mol. The Kier molecular flexibility index (Phi) is 9.31. The van der Waals surface area contributed by atoms with Gasteiger partial charge in [-0.2, -0.15) is 0 Å². The first-order chi connectivity index (χ1) is 18.2. The minimum Gasteiger partial charge on any atom is -0.490 e. The molecule has 200 valence electrons. The summed E-state index contributed by atoms with van der Waals surface area (Å²) in [6.45, 7) is 5.01. The molecule has 2 aliphatic rings. The molecule has 9 nitrogen and oxygen atoms in total. The SMILES string of the molecule is CCOc1cc(/C=C2/SC(=O)N(CC(=O)N3CCCC3)C2=O)cc(I)c1OCC(=O)Nc1ccc(C)cc1. The molecule has 0 bridgehead atoms. The molecule has 2 aliphatic heterocycles. The number of carbonyl (C=O) groups is 4. The lowest BCUT2D eigenvalue weighted by Crippen LogP contribution is -2.40. The molecule has 2 heterocycles. The number of nitrogens with zero attached hydrogens (tertiary/aromatic N) is 2. The Bertz CT molecular complexity index is 1270. The van der Waals surface area contributed by atoms with Gasteiger partial charge in [0.2, 0.25) is 5.91 Å². The van der Waals surface area contributed by atoms with E-state index in [0.29, 0.717) is 46.0 Å². The van der Waals surface area contributed by atoms with E-state index < -0.39 is 11.1 Å². The van der Waals surface area contributed by atoms with E-state index in [2.05, 4.69) is 27.9 Å². The van der Waals surface area contributed by atoms with E-state index in [4.69, 9.17) is 9.47 Å². The number of carbonyl (C=O) groups excluding carboxylic acids is 4. The minimum absolute atomic E-state index is 0.215. The quantitative estimate of drug-likeness (QED) is 0.311. The number of amides is 4. The molecular formula is C27H28IN3O6S. The molecule has 0 aliphatic carbocycles. The van der Waals surface area contributed by atoms with Gasteiger partial charge in [0.25, 0.3) is 17.1 Å². The highest BCUT2D eigenvalue weighted by Gasteiger charge is 2.37. The Balaban J connectivity index is 1.45. The summed E-state index contributed by atoms with van der Waals surface area (Å²) in [5.41, 5.74) is 2.40. The Hall–Kier alpha value is -3.06. The van der Waals surface area contributed by atoms with Crippen molar-refractivity contribution in [1.29, 1.82) is 0 Å². The van der Waals surface area contributed by atoms with Gasteiger partial charge in [0.05, 0.1) is 15.1 Å². The van der Waals surface area contributed by atoms with Crippen molar-refractivity contribution in [2.45, 2.75) is 26.7 Å². The summed E-state index contributed by atoms with van der Waals surface area (Å²) in [7, 11) is 0. The molecule has 1 N–H and O–H groups in total. The van der Waals surface area contributed by atoms with Crippen LogP contribution in [0.3, 0.4) is 0 Å². The number of likely N-dealkylation sites (tertiary alicyclic amines) is 1. The number of hydrogen-bond acceptors (Lipinski definition) is 7. The van der Waals surface area contributed by atoms with Crippen molar-refractivity contribution < 1.29 is 28.7 Å². The van der Waals surface area contributed by atoms with E-state index >= 15 is 0 Å². The van der Waals surface area contributed by atoms with Crippen molar-refractivity contribution in [2.75, 3.05) is 38.2 Å². The Morgan fingerprint density at radius 1 is 1.11 bits per heavy atom. The lowest BCUT2D eigenvalue weighted by Gasteiger charge is -2.18. The number of ether oxygens (including phenoxy) is 2. The van der Waals surface area contributed by atoms with Gasteiger partial charge < -0.3 is 19.7 Å². The summed E-state index contributed by atoms with van der Waals surface area (Å²) in [6.07, 6.45) is 3.47. The van der Waals surface area contributed by atoms with Crippen LogP contribution < -0.4 is 14.8 Å². The number of hydrogen-bond donors (Lipinski definition) is 1. The second kappa shape index (κ2) is 12.7. The molecule has 2 aromatic carbocycles. The molecule has 2 saturated heterocycles. The molecular weight excluding hydrogens is 621 g/mol. The number of thioether (sulfide) groups is 1. The van der Waals surface area contributed by atoms with Crippen molar-refractivity contribution in [2.24, 2.45) is 0 Å². The van der Waals surface area contributed by atoms with E-state index in [1.807, 2.05) is 38.1 Å². The fraction of sp³-hybridized carbons (Fsp3) is 0.333. The first kappa shape index (κ1) is 28.0. The third-order valence-corrected chi connectivity index (χ3v) is 7.65. The van der Waals surface area contributed by atoms with Gasteiger partial charge in [-0.05, 0) is 96.9 Å². The molecule has 0 radical (unpaired) electrons. The van der Waals surface area contributed by atoms with Crippen LogP contribution in [-0.2, 0) is 14.4 Å². The fourth-order valence-corrected chi connectivity index (χ4v) is 5.65. The number of aryl methyl sites for hydroxylation is 1. The summed E-state index contributed by atoms with van der Waals surface area (Å²) in [5.74, 6) is -0.195. The largest absolute Gasteiger partial charge is 0.490 e. The first-order valence-corrected chi connectivity index (χ1v) is 14.1. The smallest absolute Gasteiger partial charge is 0.294 e. The molecule has 38 heavy (non-hydrogen) atoms. The van der Waals surface area contributed by atoms with Crippen molar-refractivity contribution >= 4 is 69.1 Å². The first-order valence-electron chi connectivity index (χ1n) is 12.2. The van der Waals surface area contributed by atoms with Gasteiger partial charge in [0, 0.05) is 18.8 Å². The molecule has 0 atom stereocenters. The second-order valence-electron chi connectivity index (χ2n) is 8.82. The number of nitrogens with one attached hydrogen (secondary N) is 1. The zero-order chi connectivity index (χ0) is 27.2. The van der Waals surface area contributed by atoms with Crippen LogP contribution in [0.1, 0.15) is 30.9 Å². The fourth-order valence-electron chi connectivity index (χ4n) is 4.04. The third kappa shape index (κ3) is 6.87. The van der Waals surface area contributed by atoms with Gasteiger partial charge in [-0.15, -0.1) is 0 Å². The normalized spacial score (nSPS) is 16.3. The van der Waals surface area contributed by atoms with Crippen LogP contribution in [0.4, 0.5) is 10.5 Å². The number of rotatable bonds is 9. The summed E-state index contributed by atoms with van der Waals surface area (Å²) in [6, 6.07) is 10.9. The van der Waals surface area contributed by atoms with Crippen LogP contribution in [-0.4, -0.2) is 65.6 Å². The number of imide groups is 1. The van der Waals surface area contributed by atoms with Gasteiger partial charge in [-0.25, -0.2) is 0 Å². The van der Waals surface area contributed by atoms with E-state index in [0.717, 1.165) is 35.1 Å². The number of anilines is 1. The topological polar surface area (TPSA) is 105 Å². The molecule has 4 rings (SSSR count). The highest BCUT2D eigenvalue weighted by atomic mass is 127. The monoisotopic (exact) mass is 649 g/mol. The summed E-state index contributed by atoms with van der Waals surface area (Å²) >= 11 is 2.88. The van der Waals surface area contributed by atoms with Crippen molar-refractivity contribution in [3.63, 3.8) is 0 Å².